The minimum atomic E-state index is -2.91. The molecule has 0 saturated heterocycles. The predicted molar refractivity (Wildman–Crippen MR) is 56.9 cm³/mol. The quantitative estimate of drug-likeness (QED) is 0.648. The molecule has 0 bridgehead atoms. The van der Waals surface area contributed by atoms with Crippen molar-refractivity contribution in [3.8, 4) is 0 Å². The summed E-state index contributed by atoms with van der Waals surface area (Å²) in [4.78, 5) is 11.1. The zero-order valence-corrected chi connectivity index (χ0v) is 9.48. The third-order valence-electron chi connectivity index (χ3n) is 2.01. The molecule has 0 unspecified atom stereocenters. The lowest BCUT2D eigenvalue weighted by Crippen LogP contribution is -2.11. The summed E-state index contributed by atoms with van der Waals surface area (Å²) < 4.78 is 22.1. The normalized spacial score (nSPS) is 11.6. The van der Waals surface area contributed by atoms with Gasteiger partial charge in [0.1, 0.15) is 15.6 Å². The molecule has 0 atom stereocenters. The van der Waals surface area contributed by atoms with E-state index in [0.717, 1.165) is 0 Å². The minimum absolute atomic E-state index is 0.113. The third kappa shape index (κ3) is 7.03. The topological polar surface area (TPSA) is 77.2 Å². The fourth-order valence-corrected chi connectivity index (χ4v) is 1.93. The van der Waals surface area contributed by atoms with E-state index in [-0.39, 0.29) is 17.3 Å². The maximum atomic E-state index is 11.1. The van der Waals surface area contributed by atoms with Gasteiger partial charge in [0.25, 0.3) is 0 Å². The maximum Gasteiger partial charge on any atom is 0.150 e. The number of carbonyl (C=O) groups excluding carboxylic acids is 1. The lowest BCUT2D eigenvalue weighted by molar-refractivity contribution is -0.119. The van der Waals surface area contributed by atoms with Crippen LogP contribution < -0.4 is 5.73 Å². The zero-order chi connectivity index (χ0) is 11.0. The molecular weight excluding hydrogens is 202 g/mol. The molecule has 0 aliphatic rings. The van der Waals surface area contributed by atoms with Gasteiger partial charge in [-0.2, -0.15) is 0 Å². The van der Waals surface area contributed by atoms with E-state index in [4.69, 9.17) is 5.73 Å². The van der Waals surface area contributed by atoms with Crippen LogP contribution in [0, 0.1) is 0 Å². The van der Waals surface area contributed by atoms with Crippen LogP contribution in [0.15, 0.2) is 0 Å². The van der Waals surface area contributed by atoms with Crippen molar-refractivity contribution >= 4 is 15.6 Å². The molecule has 0 aliphatic heterocycles. The summed E-state index contributed by atoms with van der Waals surface area (Å²) in [7, 11) is -2.91. The second kappa shape index (κ2) is 6.95. The Bertz CT molecular complexity index is 259. The molecule has 4 nitrogen and oxygen atoms in total. The van der Waals surface area contributed by atoms with Crippen LogP contribution >= 0.6 is 0 Å². The van der Waals surface area contributed by atoms with E-state index in [2.05, 4.69) is 0 Å². The average molecular weight is 221 g/mol. The van der Waals surface area contributed by atoms with Gasteiger partial charge < -0.3 is 5.73 Å². The Morgan fingerprint density at radius 3 is 2.29 bits per heavy atom. The van der Waals surface area contributed by atoms with E-state index >= 15 is 0 Å². The second-order valence-electron chi connectivity index (χ2n) is 3.27. The number of rotatable bonds is 8. The van der Waals surface area contributed by atoms with E-state index in [9.17, 15) is 13.2 Å². The highest BCUT2D eigenvalue weighted by Gasteiger charge is 2.08. The molecule has 0 fully saturated rings. The molecule has 0 aromatic carbocycles. The van der Waals surface area contributed by atoms with Crippen molar-refractivity contribution in [2.75, 3.05) is 18.1 Å². The molecule has 14 heavy (non-hydrogen) atoms. The molecule has 84 valence electrons. The standard InChI is InChI=1S/C9H19NO3S/c1-2-14(12,13)8-4-6-9(11)5-3-7-10/h2-8,10H2,1H3. The Morgan fingerprint density at radius 2 is 1.79 bits per heavy atom. The van der Waals surface area contributed by atoms with Gasteiger partial charge >= 0.3 is 0 Å². The minimum Gasteiger partial charge on any atom is -0.330 e. The predicted octanol–water partition coefficient (Wildman–Crippen LogP) is 0.509. The van der Waals surface area contributed by atoms with Crippen LogP contribution in [-0.2, 0) is 14.6 Å². The molecule has 0 aromatic heterocycles. The first-order valence-corrected chi connectivity index (χ1v) is 6.76. The van der Waals surface area contributed by atoms with Crippen molar-refractivity contribution in [1.82, 2.24) is 0 Å². The van der Waals surface area contributed by atoms with Crippen LogP contribution in [0.2, 0.25) is 0 Å². The van der Waals surface area contributed by atoms with Crippen molar-refractivity contribution in [3.63, 3.8) is 0 Å². The molecule has 0 rings (SSSR count). The van der Waals surface area contributed by atoms with Crippen LogP contribution in [0.25, 0.3) is 0 Å². The summed E-state index contributed by atoms with van der Waals surface area (Å²) in [6.45, 7) is 2.13. The van der Waals surface area contributed by atoms with Gasteiger partial charge in [0.15, 0.2) is 0 Å². The molecule has 0 amide bonds. The third-order valence-corrected chi connectivity index (χ3v) is 3.80. The Labute approximate surface area is 85.8 Å². The fraction of sp³-hybridized carbons (Fsp3) is 0.889. The highest BCUT2D eigenvalue weighted by molar-refractivity contribution is 7.91. The van der Waals surface area contributed by atoms with Gasteiger partial charge in [-0.25, -0.2) is 8.42 Å². The summed E-state index contributed by atoms with van der Waals surface area (Å²) in [5, 5.41) is 0. The van der Waals surface area contributed by atoms with Gasteiger partial charge in [-0.1, -0.05) is 6.92 Å². The van der Waals surface area contributed by atoms with Gasteiger partial charge in [0.2, 0.25) is 0 Å². The monoisotopic (exact) mass is 221 g/mol. The largest absolute Gasteiger partial charge is 0.330 e. The molecule has 2 N–H and O–H groups in total. The summed E-state index contributed by atoms with van der Waals surface area (Å²) in [5.74, 6) is 0.392. The Hall–Kier alpha value is -0.420. The van der Waals surface area contributed by atoms with Crippen LogP contribution in [0.1, 0.15) is 32.6 Å². The SMILES string of the molecule is CCS(=O)(=O)CCCC(=O)CCCN. The molecule has 0 aliphatic carbocycles. The average Bonchev–Trinajstić information content (AvgIpc) is 2.14. The van der Waals surface area contributed by atoms with Crippen molar-refractivity contribution in [3.05, 3.63) is 0 Å². The number of Topliss-reactive ketones (excluding diaryl/α,β-unsaturated/α-hetero) is 1. The van der Waals surface area contributed by atoms with Gasteiger partial charge in [0, 0.05) is 18.6 Å². The van der Waals surface area contributed by atoms with E-state index in [0.29, 0.717) is 32.2 Å². The molecule has 0 saturated carbocycles. The maximum absolute atomic E-state index is 11.1. The number of hydrogen-bond donors (Lipinski definition) is 1. The van der Waals surface area contributed by atoms with Crippen molar-refractivity contribution in [1.29, 1.82) is 0 Å². The van der Waals surface area contributed by atoms with Crippen molar-refractivity contribution < 1.29 is 13.2 Å². The lowest BCUT2D eigenvalue weighted by atomic mass is 10.1. The Morgan fingerprint density at radius 1 is 1.21 bits per heavy atom. The zero-order valence-electron chi connectivity index (χ0n) is 8.66. The van der Waals surface area contributed by atoms with Crippen LogP contribution in [0.3, 0.4) is 0 Å². The Kier molecular flexibility index (Phi) is 6.74. The lowest BCUT2D eigenvalue weighted by Gasteiger charge is -2.00. The van der Waals surface area contributed by atoms with Gasteiger partial charge in [-0.3, -0.25) is 4.79 Å². The molecule has 0 aromatic rings. The highest BCUT2D eigenvalue weighted by atomic mass is 32.2. The summed E-state index contributed by atoms with van der Waals surface area (Å²) >= 11 is 0. The first-order chi connectivity index (χ1) is 6.52. The molecule has 0 heterocycles. The van der Waals surface area contributed by atoms with E-state index in [1.165, 1.54) is 0 Å². The Balaban J connectivity index is 3.59. The smallest absolute Gasteiger partial charge is 0.150 e. The number of carbonyl (C=O) groups is 1. The van der Waals surface area contributed by atoms with Gasteiger partial charge in [0.05, 0.1) is 5.75 Å². The van der Waals surface area contributed by atoms with E-state index < -0.39 is 9.84 Å². The molecule has 5 heteroatoms. The van der Waals surface area contributed by atoms with Crippen LogP contribution in [0.5, 0.6) is 0 Å². The molecule has 0 radical (unpaired) electrons. The van der Waals surface area contributed by atoms with Crippen molar-refractivity contribution in [2.24, 2.45) is 5.73 Å². The number of ketones is 1. The summed E-state index contributed by atoms with van der Waals surface area (Å²) in [5.41, 5.74) is 5.25. The second-order valence-corrected chi connectivity index (χ2v) is 5.74. The number of hydrogen-bond acceptors (Lipinski definition) is 4. The van der Waals surface area contributed by atoms with Gasteiger partial charge in [-0.15, -0.1) is 0 Å². The number of sulfone groups is 1. The van der Waals surface area contributed by atoms with Crippen molar-refractivity contribution in [2.45, 2.75) is 32.6 Å². The van der Waals surface area contributed by atoms with Crippen LogP contribution in [-0.4, -0.2) is 32.3 Å². The van der Waals surface area contributed by atoms with Gasteiger partial charge in [-0.05, 0) is 19.4 Å². The summed E-state index contributed by atoms with van der Waals surface area (Å²) in [6, 6.07) is 0. The highest BCUT2D eigenvalue weighted by Crippen LogP contribution is 2.01. The molecular formula is C9H19NO3S. The molecule has 0 spiro atoms. The first kappa shape index (κ1) is 13.6. The first-order valence-electron chi connectivity index (χ1n) is 4.94. The van der Waals surface area contributed by atoms with E-state index in [1.54, 1.807) is 6.92 Å². The summed E-state index contributed by atoms with van der Waals surface area (Å²) in [6.07, 6.45) is 1.97. The van der Waals surface area contributed by atoms with Crippen LogP contribution in [0.4, 0.5) is 0 Å². The number of nitrogens with two attached hydrogens (primary N) is 1. The van der Waals surface area contributed by atoms with E-state index in [1.807, 2.05) is 0 Å². The fourth-order valence-electron chi connectivity index (χ4n) is 1.06.